The zero-order valence-corrected chi connectivity index (χ0v) is 12.6. The number of piperidine rings is 1. The lowest BCUT2D eigenvalue weighted by atomic mass is 9.97. The number of nitrogen functional groups attached to an aromatic ring is 1. The highest BCUT2D eigenvalue weighted by atomic mass is 32.2. The van der Waals surface area contributed by atoms with Crippen LogP contribution in [0.25, 0.3) is 0 Å². The van der Waals surface area contributed by atoms with E-state index in [2.05, 4.69) is 21.5 Å². The molecule has 1 aromatic rings. The molecule has 20 heavy (non-hydrogen) atoms. The van der Waals surface area contributed by atoms with E-state index >= 15 is 0 Å². The van der Waals surface area contributed by atoms with Crippen molar-refractivity contribution in [3.05, 3.63) is 18.3 Å². The molecule has 0 bridgehead atoms. The fraction of sp³-hybridized carbons (Fsp3) is 0.615. The summed E-state index contributed by atoms with van der Waals surface area (Å²) >= 11 is 0. The minimum Gasteiger partial charge on any atom is -0.384 e. The van der Waals surface area contributed by atoms with Gasteiger partial charge in [-0.25, -0.2) is 18.1 Å². The highest BCUT2D eigenvalue weighted by Crippen LogP contribution is 2.17. The van der Waals surface area contributed by atoms with Gasteiger partial charge in [0, 0.05) is 18.8 Å². The smallest absolute Gasteiger partial charge is 0.240 e. The summed E-state index contributed by atoms with van der Waals surface area (Å²) in [6.07, 6.45) is 3.48. The summed E-state index contributed by atoms with van der Waals surface area (Å²) in [6, 6.07) is 2.83. The Morgan fingerprint density at radius 2 is 2.15 bits per heavy atom. The second-order valence-corrected chi connectivity index (χ2v) is 6.91. The van der Waals surface area contributed by atoms with Gasteiger partial charge in [-0.15, -0.1) is 0 Å². The third kappa shape index (κ3) is 3.91. The first-order valence-electron chi connectivity index (χ1n) is 6.95. The van der Waals surface area contributed by atoms with Crippen LogP contribution in [0.15, 0.2) is 23.2 Å². The van der Waals surface area contributed by atoms with Gasteiger partial charge in [-0.2, -0.15) is 0 Å². The Balaban J connectivity index is 1.90. The lowest BCUT2D eigenvalue weighted by Crippen LogP contribution is -2.38. The van der Waals surface area contributed by atoms with E-state index in [0.717, 1.165) is 32.5 Å². The molecule has 1 aliphatic heterocycles. The third-order valence-electron chi connectivity index (χ3n) is 3.78. The average molecular weight is 298 g/mol. The van der Waals surface area contributed by atoms with Gasteiger partial charge >= 0.3 is 0 Å². The number of sulfonamides is 1. The number of anilines is 1. The number of likely N-dealkylation sites (tertiary alicyclic amines) is 1. The lowest BCUT2D eigenvalue weighted by Gasteiger charge is -2.30. The van der Waals surface area contributed by atoms with Crippen LogP contribution in [0.3, 0.4) is 0 Å². The van der Waals surface area contributed by atoms with Crippen LogP contribution in [0, 0.1) is 5.92 Å². The van der Waals surface area contributed by atoms with Crippen LogP contribution in [0.4, 0.5) is 5.82 Å². The molecule has 6 nitrogen and oxygen atoms in total. The maximum absolute atomic E-state index is 12.1. The van der Waals surface area contributed by atoms with Crippen LogP contribution >= 0.6 is 0 Å². The summed E-state index contributed by atoms with van der Waals surface area (Å²) in [6.45, 7) is 5.80. The van der Waals surface area contributed by atoms with Crippen molar-refractivity contribution in [3.63, 3.8) is 0 Å². The normalized spacial score (nSPS) is 18.2. The highest BCUT2D eigenvalue weighted by molar-refractivity contribution is 7.89. The molecular weight excluding hydrogens is 276 g/mol. The van der Waals surface area contributed by atoms with E-state index in [1.54, 1.807) is 0 Å². The standard InChI is InChI=1S/C13H22N4O2S/c1-2-17-7-4-11(5-8-17)10-16-20(18,19)12-3-6-15-13(14)9-12/h3,6,9,11,16H,2,4-5,7-8,10H2,1H3,(H2,14,15). The third-order valence-corrected chi connectivity index (χ3v) is 5.20. The van der Waals surface area contributed by atoms with E-state index < -0.39 is 10.0 Å². The molecule has 3 N–H and O–H groups in total. The van der Waals surface area contributed by atoms with Crippen LogP contribution < -0.4 is 10.5 Å². The number of rotatable bonds is 5. The van der Waals surface area contributed by atoms with Gasteiger partial charge in [-0.05, 0) is 44.5 Å². The van der Waals surface area contributed by atoms with E-state index in [9.17, 15) is 8.42 Å². The summed E-state index contributed by atoms with van der Waals surface area (Å²) in [7, 11) is -3.48. The largest absolute Gasteiger partial charge is 0.384 e. The van der Waals surface area contributed by atoms with Gasteiger partial charge in [0.25, 0.3) is 0 Å². The SMILES string of the molecule is CCN1CCC(CNS(=O)(=O)c2ccnc(N)c2)CC1. The van der Waals surface area contributed by atoms with Crippen LogP contribution in [0.1, 0.15) is 19.8 Å². The number of nitrogens with one attached hydrogen (secondary N) is 1. The van der Waals surface area contributed by atoms with Crippen molar-refractivity contribution in [2.75, 3.05) is 31.9 Å². The molecule has 1 aliphatic rings. The zero-order valence-electron chi connectivity index (χ0n) is 11.7. The van der Waals surface area contributed by atoms with Crippen molar-refractivity contribution in [1.82, 2.24) is 14.6 Å². The second-order valence-electron chi connectivity index (χ2n) is 5.15. The predicted molar refractivity (Wildman–Crippen MR) is 78.7 cm³/mol. The van der Waals surface area contributed by atoms with Gasteiger partial charge in [0.05, 0.1) is 4.90 Å². The second kappa shape index (κ2) is 6.51. The molecule has 1 aromatic heterocycles. The number of nitrogens with two attached hydrogens (primary N) is 1. The van der Waals surface area contributed by atoms with Crippen LogP contribution in [0.5, 0.6) is 0 Å². The van der Waals surface area contributed by atoms with E-state index in [4.69, 9.17) is 5.73 Å². The molecular formula is C13H22N4O2S. The molecule has 0 aliphatic carbocycles. The molecule has 0 atom stereocenters. The molecule has 0 radical (unpaired) electrons. The summed E-state index contributed by atoms with van der Waals surface area (Å²) in [5, 5.41) is 0. The van der Waals surface area contributed by atoms with Crippen molar-refractivity contribution >= 4 is 15.8 Å². The molecule has 1 fully saturated rings. The summed E-state index contributed by atoms with van der Waals surface area (Å²) < 4.78 is 27.0. The number of aromatic nitrogens is 1. The fourth-order valence-corrected chi connectivity index (χ4v) is 3.55. The molecule has 1 saturated heterocycles. The Hall–Kier alpha value is -1.18. The van der Waals surface area contributed by atoms with E-state index in [1.165, 1.54) is 18.3 Å². The molecule has 0 spiro atoms. The van der Waals surface area contributed by atoms with Crippen LogP contribution in [-0.2, 0) is 10.0 Å². The minimum absolute atomic E-state index is 0.177. The highest BCUT2D eigenvalue weighted by Gasteiger charge is 2.21. The fourth-order valence-electron chi connectivity index (χ4n) is 2.41. The quantitative estimate of drug-likeness (QED) is 0.834. The molecule has 0 unspecified atom stereocenters. The number of nitrogens with zero attached hydrogens (tertiary/aromatic N) is 2. The maximum atomic E-state index is 12.1. The summed E-state index contributed by atoms with van der Waals surface area (Å²) in [5.74, 6) is 0.621. The minimum atomic E-state index is -3.48. The first kappa shape index (κ1) is 15.2. The molecule has 7 heteroatoms. The Bertz CT molecular complexity index is 539. The van der Waals surface area contributed by atoms with E-state index in [-0.39, 0.29) is 10.7 Å². The van der Waals surface area contributed by atoms with E-state index in [1.807, 2.05) is 0 Å². The Morgan fingerprint density at radius 1 is 1.45 bits per heavy atom. The van der Waals surface area contributed by atoms with Gasteiger partial charge < -0.3 is 10.6 Å². The molecule has 2 rings (SSSR count). The Labute approximate surface area is 120 Å². The van der Waals surface area contributed by atoms with Crippen molar-refractivity contribution in [1.29, 1.82) is 0 Å². The van der Waals surface area contributed by atoms with Crippen molar-refractivity contribution in [2.45, 2.75) is 24.7 Å². The van der Waals surface area contributed by atoms with Gasteiger partial charge in [0.15, 0.2) is 0 Å². The monoisotopic (exact) mass is 298 g/mol. The molecule has 112 valence electrons. The number of hydrogen-bond acceptors (Lipinski definition) is 5. The Morgan fingerprint density at radius 3 is 2.75 bits per heavy atom. The topological polar surface area (TPSA) is 88.3 Å². The first-order chi connectivity index (χ1) is 9.51. The van der Waals surface area contributed by atoms with Gasteiger partial charge in [0.2, 0.25) is 10.0 Å². The average Bonchev–Trinajstić information content (AvgIpc) is 2.46. The zero-order chi connectivity index (χ0) is 14.6. The van der Waals surface area contributed by atoms with Gasteiger partial charge in [0.1, 0.15) is 5.82 Å². The van der Waals surface area contributed by atoms with Crippen molar-refractivity contribution in [2.24, 2.45) is 5.92 Å². The van der Waals surface area contributed by atoms with Crippen molar-refractivity contribution < 1.29 is 8.42 Å². The summed E-state index contributed by atoms with van der Waals surface area (Å²) in [5.41, 5.74) is 5.52. The van der Waals surface area contributed by atoms with Gasteiger partial charge in [-0.3, -0.25) is 0 Å². The lowest BCUT2D eigenvalue weighted by molar-refractivity contribution is 0.194. The van der Waals surface area contributed by atoms with Gasteiger partial charge in [-0.1, -0.05) is 6.92 Å². The molecule has 2 heterocycles. The summed E-state index contributed by atoms with van der Waals surface area (Å²) in [4.78, 5) is 6.36. The predicted octanol–water partition coefficient (Wildman–Crippen LogP) is 0.674. The van der Waals surface area contributed by atoms with Crippen LogP contribution in [0.2, 0.25) is 0 Å². The van der Waals surface area contributed by atoms with Crippen molar-refractivity contribution in [3.8, 4) is 0 Å². The number of pyridine rings is 1. The Kier molecular flexibility index (Phi) is 4.95. The molecule has 0 saturated carbocycles. The first-order valence-corrected chi connectivity index (χ1v) is 8.43. The van der Waals surface area contributed by atoms with E-state index in [0.29, 0.717) is 12.5 Å². The molecule has 0 aromatic carbocycles. The maximum Gasteiger partial charge on any atom is 0.240 e. The number of hydrogen-bond donors (Lipinski definition) is 2. The van der Waals surface area contributed by atoms with Crippen LogP contribution in [-0.4, -0.2) is 44.5 Å². The molecule has 0 amide bonds.